The fraction of sp³-hybridized carbons (Fsp3) is 0.125. The summed E-state index contributed by atoms with van der Waals surface area (Å²) in [4.78, 5) is 25.4. The SMILES string of the molecule is CN(CC(=O)Nc1ccc(Cl)cc1)C(=O)c1cccc(S(N)(=O)=O)c1. The molecule has 0 bridgehead atoms. The standard InChI is InChI=1S/C16H16ClN3O4S/c1-20(10-15(21)19-13-7-5-12(17)6-8-13)16(22)11-3-2-4-14(9-11)25(18,23)24/h2-9H,10H2,1H3,(H,19,21)(H2,18,23,24). The van der Waals surface area contributed by atoms with E-state index in [0.29, 0.717) is 10.7 Å². The zero-order chi connectivity index (χ0) is 18.6. The van der Waals surface area contributed by atoms with Crippen molar-refractivity contribution in [3.05, 3.63) is 59.1 Å². The number of carbonyl (C=O) groups excluding carboxylic acids is 2. The Bertz CT molecular complexity index is 898. The lowest BCUT2D eigenvalue weighted by atomic mass is 10.2. The second-order valence-corrected chi connectivity index (χ2v) is 7.29. The van der Waals surface area contributed by atoms with Crippen molar-refractivity contribution in [1.82, 2.24) is 4.90 Å². The van der Waals surface area contributed by atoms with E-state index in [9.17, 15) is 18.0 Å². The number of hydrogen-bond donors (Lipinski definition) is 2. The van der Waals surface area contributed by atoms with Gasteiger partial charge in [0.15, 0.2) is 0 Å². The average molecular weight is 382 g/mol. The molecule has 7 nitrogen and oxygen atoms in total. The number of likely N-dealkylation sites (N-methyl/N-ethyl adjacent to an activating group) is 1. The largest absolute Gasteiger partial charge is 0.332 e. The number of sulfonamides is 1. The predicted octanol–water partition coefficient (Wildman–Crippen LogP) is 1.70. The molecular formula is C16H16ClN3O4S. The van der Waals surface area contributed by atoms with Crippen molar-refractivity contribution in [3.63, 3.8) is 0 Å². The van der Waals surface area contributed by atoms with E-state index in [2.05, 4.69) is 5.32 Å². The number of carbonyl (C=O) groups is 2. The number of rotatable bonds is 5. The van der Waals surface area contributed by atoms with E-state index < -0.39 is 21.8 Å². The molecule has 0 spiro atoms. The number of amides is 2. The van der Waals surface area contributed by atoms with E-state index in [1.54, 1.807) is 24.3 Å². The summed E-state index contributed by atoms with van der Waals surface area (Å²) in [5.41, 5.74) is 0.666. The number of primary sulfonamides is 1. The molecule has 0 aliphatic rings. The molecule has 9 heteroatoms. The van der Waals surface area contributed by atoms with Gasteiger partial charge in [0.1, 0.15) is 0 Å². The van der Waals surface area contributed by atoms with Crippen LogP contribution in [0.15, 0.2) is 53.4 Å². The Balaban J connectivity index is 2.05. The summed E-state index contributed by atoms with van der Waals surface area (Å²) in [6, 6.07) is 11.9. The van der Waals surface area contributed by atoms with E-state index in [1.807, 2.05) is 0 Å². The summed E-state index contributed by atoms with van der Waals surface area (Å²) in [5.74, 6) is -0.905. The van der Waals surface area contributed by atoms with Crippen LogP contribution in [0.25, 0.3) is 0 Å². The van der Waals surface area contributed by atoms with Gasteiger partial charge in [0.2, 0.25) is 15.9 Å². The first-order valence-corrected chi connectivity index (χ1v) is 9.03. The molecule has 0 saturated carbocycles. The van der Waals surface area contributed by atoms with Gasteiger partial charge in [-0.1, -0.05) is 17.7 Å². The minimum Gasteiger partial charge on any atom is -0.332 e. The number of hydrogen-bond acceptors (Lipinski definition) is 4. The lowest BCUT2D eigenvalue weighted by Crippen LogP contribution is -2.35. The zero-order valence-electron chi connectivity index (χ0n) is 13.3. The Hall–Kier alpha value is -2.42. The maximum atomic E-state index is 12.3. The van der Waals surface area contributed by atoms with Crippen molar-refractivity contribution in [3.8, 4) is 0 Å². The Labute approximate surface area is 150 Å². The van der Waals surface area contributed by atoms with E-state index in [0.717, 1.165) is 0 Å². The highest BCUT2D eigenvalue weighted by Crippen LogP contribution is 2.14. The van der Waals surface area contributed by atoms with Crippen molar-refractivity contribution in [2.45, 2.75) is 4.90 Å². The average Bonchev–Trinajstić information content (AvgIpc) is 2.55. The van der Waals surface area contributed by atoms with Gasteiger partial charge in [-0.2, -0.15) is 0 Å². The molecule has 0 aliphatic carbocycles. The molecule has 0 aliphatic heterocycles. The van der Waals surface area contributed by atoms with Crippen molar-refractivity contribution < 1.29 is 18.0 Å². The molecule has 0 aromatic heterocycles. The topological polar surface area (TPSA) is 110 Å². The molecule has 0 radical (unpaired) electrons. The van der Waals surface area contributed by atoms with Crippen molar-refractivity contribution in [2.75, 3.05) is 18.9 Å². The Morgan fingerprint density at radius 3 is 2.40 bits per heavy atom. The molecule has 0 heterocycles. The highest BCUT2D eigenvalue weighted by Gasteiger charge is 2.17. The number of nitrogens with zero attached hydrogens (tertiary/aromatic N) is 1. The van der Waals surface area contributed by atoms with Crippen LogP contribution in [0.1, 0.15) is 10.4 Å². The number of anilines is 1. The van der Waals surface area contributed by atoms with Gasteiger partial charge in [-0.3, -0.25) is 9.59 Å². The van der Waals surface area contributed by atoms with Crippen LogP contribution in [0.3, 0.4) is 0 Å². The summed E-state index contributed by atoms with van der Waals surface area (Å²) in [6.45, 7) is -0.207. The van der Waals surface area contributed by atoms with E-state index in [4.69, 9.17) is 16.7 Å². The molecule has 25 heavy (non-hydrogen) atoms. The Morgan fingerprint density at radius 2 is 1.80 bits per heavy atom. The predicted molar refractivity (Wildman–Crippen MR) is 94.9 cm³/mol. The second-order valence-electron chi connectivity index (χ2n) is 5.29. The number of nitrogens with two attached hydrogens (primary N) is 1. The van der Waals surface area contributed by atoms with Crippen LogP contribution in [0, 0.1) is 0 Å². The van der Waals surface area contributed by atoms with Crippen molar-refractivity contribution >= 4 is 39.1 Å². The summed E-state index contributed by atoms with van der Waals surface area (Å²) >= 11 is 5.77. The first-order chi connectivity index (χ1) is 11.7. The molecule has 2 amide bonds. The molecule has 3 N–H and O–H groups in total. The van der Waals surface area contributed by atoms with Crippen LogP contribution in [-0.2, 0) is 14.8 Å². The molecule has 0 atom stereocenters. The third kappa shape index (κ3) is 5.28. The molecule has 0 saturated heterocycles. The molecule has 0 unspecified atom stereocenters. The van der Waals surface area contributed by atoms with Crippen LogP contribution < -0.4 is 10.5 Å². The van der Waals surface area contributed by atoms with Gasteiger partial charge >= 0.3 is 0 Å². The van der Waals surface area contributed by atoms with Gasteiger partial charge in [0, 0.05) is 23.3 Å². The summed E-state index contributed by atoms with van der Waals surface area (Å²) in [6.07, 6.45) is 0. The highest BCUT2D eigenvalue weighted by molar-refractivity contribution is 7.89. The lowest BCUT2D eigenvalue weighted by Gasteiger charge is -2.17. The van der Waals surface area contributed by atoms with Gasteiger partial charge in [-0.25, -0.2) is 13.6 Å². The monoisotopic (exact) mass is 381 g/mol. The van der Waals surface area contributed by atoms with Gasteiger partial charge < -0.3 is 10.2 Å². The van der Waals surface area contributed by atoms with E-state index in [-0.39, 0.29) is 17.0 Å². The third-order valence-corrected chi connectivity index (χ3v) is 4.43. The molecule has 132 valence electrons. The maximum Gasteiger partial charge on any atom is 0.254 e. The smallest absolute Gasteiger partial charge is 0.254 e. The van der Waals surface area contributed by atoms with Crippen molar-refractivity contribution in [1.29, 1.82) is 0 Å². The van der Waals surface area contributed by atoms with Crippen LogP contribution >= 0.6 is 11.6 Å². The van der Waals surface area contributed by atoms with Crippen LogP contribution in [0.5, 0.6) is 0 Å². The second kappa shape index (κ2) is 7.64. The first kappa shape index (κ1) is 18.9. The number of benzene rings is 2. The number of nitrogens with one attached hydrogen (secondary N) is 1. The van der Waals surface area contributed by atoms with Crippen LogP contribution in [0.2, 0.25) is 5.02 Å². The fourth-order valence-corrected chi connectivity index (χ4v) is 2.73. The summed E-state index contributed by atoms with van der Waals surface area (Å²) in [5, 5.41) is 8.23. The summed E-state index contributed by atoms with van der Waals surface area (Å²) < 4.78 is 22.7. The lowest BCUT2D eigenvalue weighted by molar-refractivity contribution is -0.116. The highest BCUT2D eigenvalue weighted by atomic mass is 35.5. The fourth-order valence-electron chi connectivity index (χ4n) is 2.05. The van der Waals surface area contributed by atoms with Crippen LogP contribution in [0.4, 0.5) is 5.69 Å². The van der Waals surface area contributed by atoms with Gasteiger partial charge in [-0.05, 0) is 42.5 Å². The maximum absolute atomic E-state index is 12.3. The van der Waals surface area contributed by atoms with Gasteiger partial charge in [0.25, 0.3) is 5.91 Å². The Morgan fingerprint density at radius 1 is 1.16 bits per heavy atom. The van der Waals surface area contributed by atoms with Crippen molar-refractivity contribution in [2.24, 2.45) is 5.14 Å². The summed E-state index contributed by atoms with van der Waals surface area (Å²) in [7, 11) is -2.47. The van der Waals surface area contributed by atoms with Gasteiger partial charge in [0.05, 0.1) is 11.4 Å². The normalized spacial score (nSPS) is 11.0. The van der Waals surface area contributed by atoms with E-state index in [1.165, 1.54) is 36.2 Å². The zero-order valence-corrected chi connectivity index (χ0v) is 14.8. The van der Waals surface area contributed by atoms with Crippen LogP contribution in [-0.4, -0.2) is 38.7 Å². The Kier molecular flexibility index (Phi) is 5.78. The molecular weight excluding hydrogens is 366 g/mol. The minimum atomic E-state index is -3.91. The molecule has 2 aromatic carbocycles. The minimum absolute atomic E-state index is 0.119. The number of halogens is 1. The molecule has 0 fully saturated rings. The van der Waals surface area contributed by atoms with Gasteiger partial charge in [-0.15, -0.1) is 0 Å². The first-order valence-electron chi connectivity index (χ1n) is 7.10. The molecule has 2 aromatic rings. The molecule has 2 rings (SSSR count). The third-order valence-electron chi connectivity index (χ3n) is 3.26. The van der Waals surface area contributed by atoms with E-state index >= 15 is 0 Å². The quantitative estimate of drug-likeness (QED) is 0.821.